The summed E-state index contributed by atoms with van der Waals surface area (Å²) in [7, 11) is -0.269. The third-order valence-corrected chi connectivity index (χ3v) is 2.70. The first-order valence-electron chi connectivity index (χ1n) is 4.37. The Morgan fingerprint density at radius 1 is 1.08 bits per heavy atom. The Morgan fingerprint density at radius 2 is 1.38 bits per heavy atom. The van der Waals surface area contributed by atoms with Gasteiger partial charge in [-0.15, -0.1) is 12.4 Å². The molecule has 2 N–H and O–H groups in total. The molecule has 0 bridgehead atoms. The van der Waals surface area contributed by atoms with E-state index in [1.54, 1.807) is 0 Å². The van der Waals surface area contributed by atoms with Crippen LogP contribution in [-0.4, -0.2) is 24.3 Å². The fraction of sp³-hybridized carbons (Fsp3) is 1.00. The van der Waals surface area contributed by atoms with Gasteiger partial charge in [0.25, 0.3) is 0 Å². The second kappa shape index (κ2) is 3.77. The van der Waals surface area contributed by atoms with Gasteiger partial charge in [0, 0.05) is 5.94 Å². The maximum Gasteiger partial charge on any atom is 0.475 e. The normalized spacial score (nSPS) is 26.8. The van der Waals surface area contributed by atoms with E-state index in [1.165, 1.54) is 0 Å². The summed E-state index contributed by atoms with van der Waals surface area (Å²) in [6.07, 6.45) is 0. The highest BCUT2D eigenvalue weighted by Crippen LogP contribution is 2.36. The first-order valence-corrected chi connectivity index (χ1v) is 4.37. The molecule has 0 radical (unpaired) electrons. The molecule has 5 heteroatoms. The van der Waals surface area contributed by atoms with Crippen LogP contribution in [-0.2, 0) is 9.31 Å². The lowest BCUT2D eigenvalue weighted by atomic mass is 9.81. The summed E-state index contributed by atoms with van der Waals surface area (Å²) in [6.45, 7) is 9.98. The van der Waals surface area contributed by atoms with Crippen LogP contribution in [0, 0.1) is 0 Å². The molecule has 3 nitrogen and oxygen atoms in total. The van der Waals surface area contributed by atoms with Gasteiger partial charge in [0.1, 0.15) is 0 Å². The predicted molar refractivity (Wildman–Crippen MR) is 57.0 cm³/mol. The van der Waals surface area contributed by atoms with Crippen LogP contribution >= 0.6 is 12.4 Å². The molecule has 0 spiro atoms. The minimum absolute atomic E-state index is 0. The molecule has 1 unspecified atom stereocenters. The van der Waals surface area contributed by atoms with Crippen molar-refractivity contribution in [3.63, 3.8) is 0 Å². The van der Waals surface area contributed by atoms with E-state index in [9.17, 15) is 0 Å². The van der Waals surface area contributed by atoms with Crippen molar-refractivity contribution in [2.24, 2.45) is 5.73 Å². The lowest BCUT2D eigenvalue weighted by molar-refractivity contribution is 0.00578. The van der Waals surface area contributed by atoms with Gasteiger partial charge in [-0.25, -0.2) is 0 Å². The summed E-state index contributed by atoms with van der Waals surface area (Å²) < 4.78 is 11.4. The maximum absolute atomic E-state index is 5.69. The Bertz CT molecular complexity index is 169. The molecule has 1 aliphatic rings. The van der Waals surface area contributed by atoms with E-state index in [0.29, 0.717) is 0 Å². The second-order valence-corrected chi connectivity index (χ2v) is 4.48. The van der Waals surface area contributed by atoms with Crippen molar-refractivity contribution in [1.82, 2.24) is 0 Å². The highest BCUT2D eigenvalue weighted by Gasteiger charge is 2.52. The third kappa shape index (κ3) is 2.37. The molecular formula is C8H19BClNO2. The summed E-state index contributed by atoms with van der Waals surface area (Å²) in [5.41, 5.74) is 5.17. The minimum Gasteiger partial charge on any atom is -0.402 e. The average molecular weight is 208 g/mol. The smallest absolute Gasteiger partial charge is 0.402 e. The summed E-state index contributed by atoms with van der Waals surface area (Å²) in [4.78, 5) is 0. The number of halogens is 1. The fourth-order valence-electron chi connectivity index (χ4n) is 1.10. The number of hydrogen-bond acceptors (Lipinski definition) is 3. The molecule has 1 heterocycles. The molecule has 13 heavy (non-hydrogen) atoms. The van der Waals surface area contributed by atoms with Crippen molar-refractivity contribution in [3.8, 4) is 0 Å². The first-order chi connectivity index (χ1) is 5.26. The van der Waals surface area contributed by atoms with Crippen molar-refractivity contribution in [1.29, 1.82) is 0 Å². The van der Waals surface area contributed by atoms with Gasteiger partial charge in [-0.05, 0) is 27.7 Å². The Morgan fingerprint density at radius 3 is 1.54 bits per heavy atom. The lowest BCUT2D eigenvalue weighted by Crippen LogP contribution is -2.41. The molecule has 0 aromatic carbocycles. The van der Waals surface area contributed by atoms with Crippen LogP contribution in [0.4, 0.5) is 0 Å². The fourth-order valence-corrected chi connectivity index (χ4v) is 1.10. The molecule has 0 saturated carbocycles. The van der Waals surface area contributed by atoms with Crippen LogP contribution in [0.3, 0.4) is 0 Å². The average Bonchev–Trinajstić information content (AvgIpc) is 2.03. The third-order valence-electron chi connectivity index (χ3n) is 2.70. The van der Waals surface area contributed by atoms with Gasteiger partial charge in [-0.1, -0.05) is 6.92 Å². The van der Waals surface area contributed by atoms with E-state index in [1.807, 2.05) is 34.6 Å². The largest absolute Gasteiger partial charge is 0.475 e. The van der Waals surface area contributed by atoms with Crippen LogP contribution in [0.5, 0.6) is 0 Å². The van der Waals surface area contributed by atoms with Crippen molar-refractivity contribution < 1.29 is 9.31 Å². The summed E-state index contributed by atoms with van der Waals surface area (Å²) in [6, 6.07) is 0. The Balaban J connectivity index is 0.00000144. The SMILES string of the molecule is CC(N)B1OC(C)(C)C(C)(C)O1.Cl. The van der Waals surface area contributed by atoms with Crippen LogP contribution < -0.4 is 5.73 Å². The number of nitrogens with two attached hydrogens (primary N) is 1. The molecule has 1 saturated heterocycles. The summed E-state index contributed by atoms with van der Waals surface area (Å²) in [5, 5.41) is 0. The van der Waals surface area contributed by atoms with Gasteiger partial charge < -0.3 is 15.0 Å². The molecule has 0 aliphatic carbocycles. The van der Waals surface area contributed by atoms with Crippen molar-refractivity contribution in [2.45, 2.75) is 51.8 Å². The van der Waals surface area contributed by atoms with E-state index >= 15 is 0 Å². The van der Waals surface area contributed by atoms with E-state index in [-0.39, 0.29) is 36.7 Å². The standard InChI is InChI=1S/C8H18BNO2.ClH/c1-6(10)9-11-7(2,3)8(4,5)12-9;/h6H,10H2,1-5H3;1H. The van der Waals surface area contributed by atoms with Gasteiger partial charge in [0.05, 0.1) is 11.2 Å². The predicted octanol–water partition coefficient (Wildman–Crippen LogP) is 1.39. The summed E-state index contributed by atoms with van der Waals surface area (Å²) in [5.74, 6) is -0.0777. The Hall–Kier alpha value is 0.235. The van der Waals surface area contributed by atoms with Gasteiger partial charge >= 0.3 is 7.12 Å². The monoisotopic (exact) mass is 207 g/mol. The van der Waals surface area contributed by atoms with E-state index < -0.39 is 0 Å². The van der Waals surface area contributed by atoms with Crippen LogP contribution in [0.25, 0.3) is 0 Å². The summed E-state index contributed by atoms with van der Waals surface area (Å²) >= 11 is 0. The quantitative estimate of drug-likeness (QED) is 0.661. The highest BCUT2D eigenvalue weighted by atomic mass is 35.5. The van der Waals surface area contributed by atoms with Gasteiger partial charge in [-0.2, -0.15) is 0 Å². The molecule has 1 aliphatic heterocycles. The zero-order valence-corrected chi connectivity index (χ0v) is 9.77. The van der Waals surface area contributed by atoms with E-state index in [2.05, 4.69) is 0 Å². The van der Waals surface area contributed by atoms with E-state index in [0.717, 1.165) is 0 Å². The number of hydrogen-bond donors (Lipinski definition) is 1. The Kier molecular flexibility index (Phi) is 3.84. The molecule has 0 amide bonds. The molecule has 1 fully saturated rings. The molecular weight excluding hydrogens is 188 g/mol. The van der Waals surface area contributed by atoms with Gasteiger partial charge in [0.15, 0.2) is 0 Å². The molecule has 0 aromatic rings. The zero-order chi connectivity index (χ0) is 9.57. The molecule has 1 rings (SSSR count). The van der Waals surface area contributed by atoms with Crippen LogP contribution in [0.15, 0.2) is 0 Å². The van der Waals surface area contributed by atoms with Crippen LogP contribution in [0.1, 0.15) is 34.6 Å². The van der Waals surface area contributed by atoms with Gasteiger partial charge in [-0.3, -0.25) is 0 Å². The number of rotatable bonds is 1. The molecule has 0 aromatic heterocycles. The topological polar surface area (TPSA) is 44.5 Å². The first kappa shape index (κ1) is 13.2. The van der Waals surface area contributed by atoms with Gasteiger partial charge in [0.2, 0.25) is 0 Å². The Labute approximate surface area is 86.9 Å². The highest BCUT2D eigenvalue weighted by molar-refractivity contribution is 6.47. The molecule has 78 valence electrons. The minimum atomic E-state index is -0.269. The van der Waals surface area contributed by atoms with Crippen molar-refractivity contribution in [2.75, 3.05) is 0 Å². The van der Waals surface area contributed by atoms with Crippen LogP contribution in [0.2, 0.25) is 0 Å². The zero-order valence-electron chi connectivity index (χ0n) is 8.96. The maximum atomic E-state index is 5.69. The van der Waals surface area contributed by atoms with E-state index in [4.69, 9.17) is 15.0 Å². The van der Waals surface area contributed by atoms with Crippen molar-refractivity contribution in [3.05, 3.63) is 0 Å². The lowest BCUT2D eigenvalue weighted by Gasteiger charge is -2.32. The molecule has 1 atom stereocenters. The van der Waals surface area contributed by atoms with Crippen molar-refractivity contribution >= 4 is 19.5 Å². The second-order valence-electron chi connectivity index (χ2n) is 4.48.